The number of sulfone groups is 1. The number of rotatable bonds is 7. The monoisotopic (exact) mass is 464 g/mol. The van der Waals surface area contributed by atoms with Gasteiger partial charge in [0.25, 0.3) is 0 Å². The summed E-state index contributed by atoms with van der Waals surface area (Å²) in [5.74, 6) is -0.696. The summed E-state index contributed by atoms with van der Waals surface area (Å²) in [5, 5.41) is 0.542. The molecule has 2 aromatic heterocycles. The second kappa shape index (κ2) is 7.84. The van der Waals surface area contributed by atoms with Crippen molar-refractivity contribution >= 4 is 42.3 Å². The Labute approximate surface area is 176 Å². The molecule has 0 saturated carbocycles. The van der Waals surface area contributed by atoms with E-state index in [0.29, 0.717) is 11.1 Å². The van der Waals surface area contributed by atoms with Gasteiger partial charge >= 0.3 is 5.76 Å². The number of oxazole rings is 1. The highest BCUT2D eigenvalue weighted by Gasteiger charge is 2.31. The highest BCUT2D eigenvalue weighted by molar-refractivity contribution is 7.93. The molecule has 2 aromatic carbocycles. The first-order chi connectivity index (χ1) is 14.3. The minimum absolute atomic E-state index is 0.0914. The summed E-state index contributed by atoms with van der Waals surface area (Å²) in [6.07, 6.45) is 0. The maximum Gasteiger partial charge on any atom is 0.417 e. The highest BCUT2D eigenvalue weighted by atomic mass is 32.2. The van der Waals surface area contributed by atoms with E-state index in [0.717, 1.165) is 11.3 Å². The fourth-order valence-electron chi connectivity index (χ4n) is 3.00. The Balaban J connectivity index is 1.67. The lowest BCUT2D eigenvalue weighted by Crippen LogP contribution is -2.31. The smallest absolute Gasteiger partial charge is 0.408 e. The fraction of sp³-hybridized carbons (Fsp3) is 0.105. The lowest BCUT2D eigenvalue weighted by atomic mass is 10.1. The topological polar surface area (TPSA) is 126 Å². The maximum atomic E-state index is 13.1. The molecule has 30 heavy (non-hydrogen) atoms. The van der Waals surface area contributed by atoms with Crippen molar-refractivity contribution in [3.63, 3.8) is 0 Å². The molecular formula is C19H16N2O6S3. The molecule has 4 rings (SSSR count). The quantitative estimate of drug-likeness (QED) is 0.433. The van der Waals surface area contributed by atoms with Crippen LogP contribution in [0.1, 0.15) is 10.8 Å². The van der Waals surface area contributed by atoms with Crippen LogP contribution in [0, 0.1) is 0 Å². The van der Waals surface area contributed by atoms with E-state index in [2.05, 4.69) is 9.71 Å². The van der Waals surface area contributed by atoms with E-state index in [4.69, 9.17) is 4.42 Å². The lowest BCUT2D eigenvalue weighted by Gasteiger charge is -2.18. The van der Waals surface area contributed by atoms with Gasteiger partial charge < -0.3 is 4.42 Å². The summed E-state index contributed by atoms with van der Waals surface area (Å²) in [4.78, 5) is 13.6. The van der Waals surface area contributed by atoms with E-state index >= 15 is 0 Å². The first kappa shape index (κ1) is 20.5. The molecule has 0 aliphatic rings. The van der Waals surface area contributed by atoms with Gasteiger partial charge in [-0.15, -0.1) is 11.3 Å². The summed E-state index contributed by atoms with van der Waals surface area (Å²) < 4.78 is 59.3. The van der Waals surface area contributed by atoms with Gasteiger partial charge in [-0.2, -0.15) is 0 Å². The van der Waals surface area contributed by atoms with E-state index in [-0.39, 0.29) is 21.2 Å². The Morgan fingerprint density at radius 1 is 1.00 bits per heavy atom. The third kappa shape index (κ3) is 3.97. The molecule has 1 atom stereocenters. The highest BCUT2D eigenvalue weighted by Crippen LogP contribution is 2.31. The van der Waals surface area contributed by atoms with Gasteiger partial charge in [-0.25, -0.2) is 26.4 Å². The third-order valence-electron chi connectivity index (χ3n) is 4.48. The molecule has 0 aliphatic heterocycles. The van der Waals surface area contributed by atoms with Crippen LogP contribution in [0.4, 0.5) is 0 Å². The van der Waals surface area contributed by atoms with E-state index < -0.39 is 30.9 Å². The van der Waals surface area contributed by atoms with Gasteiger partial charge in [-0.1, -0.05) is 36.4 Å². The van der Waals surface area contributed by atoms with Gasteiger partial charge in [0.1, 0.15) is 9.46 Å². The second-order valence-electron chi connectivity index (χ2n) is 6.40. The molecular weight excluding hydrogens is 448 g/mol. The Kier molecular flexibility index (Phi) is 5.36. The van der Waals surface area contributed by atoms with Gasteiger partial charge in [0.05, 0.1) is 10.4 Å². The molecule has 0 aliphatic carbocycles. The molecule has 156 valence electrons. The number of hydrogen-bond acceptors (Lipinski definition) is 7. The molecule has 0 radical (unpaired) electrons. The van der Waals surface area contributed by atoms with Gasteiger partial charge in [0, 0.05) is 12.6 Å². The fourth-order valence-corrected chi connectivity index (χ4v) is 7.04. The molecule has 0 spiro atoms. The molecule has 11 heteroatoms. The number of nitrogens with one attached hydrogen (secondary N) is 2. The molecule has 4 aromatic rings. The van der Waals surface area contributed by atoms with Crippen molar-refractivity contribution in [2.24, 2.45) is 0 Å². The largest absolute Gasteiger partial charge is 0.417 e. The van der Waals surface area contributed by atoms with E-state index in [1.54, 1.807) is 41.8 Å². The number of hydrogen-bond donors (Lipinski definition) is 2. The van der Waals surface area contributed by atoms with Crippen LogP contribution in [-0.2, 0) is 19.9 Å². The van der Waals surface area contributed by atoms with Crippen molar-refractivity contribution < 1.29 is 21.3 Å². The van der Waals surface area contributed by atoms with Crippen molar-refractivity contribution in [3.8, 4) is 0 Å². The molecule has 0 amide bonds. The van der Waals surface area contributed by atoms with Crippen molar-refractivity contribution in [1.29, 1.82) is 0 Å². The molecule has 2 heterocycles. The Bertz CT molecular complexity index is 1440. The van der Waals surface area contributed by atoms with Crippen molar-refractivity contribution in [1.82, 2.24) is 9.71 Å². The van der Waals surface area contributed by atoms with Crippen LogP contribution >= 0.6 is 11.3 Å². The average Bonchev–Trinajstić information content (AvgIpc) is 3.37. The molecule has 8 nitrogen and oxygen atoms in total. The Hall–Kier alpha value is -2.73. The molecule has 0 fully saturated rings. The number of aromatic amines is 1. The summed E-state index contributed by atoms with van der Waals surface area (Å²) in [7, 11) is -7.88. The molecule has 0 bridgehead atoms. The second-order valence-corrected chi connectivity index (χ2v) is 11.5. The van der Waals surface area contributed by atoms with E-state index in [1.807, 2.05) is 0 Å². The van der Waals surface area contributed by atoms with Crippen molar-refractivity contribution in [2.75, 3.05) is 6.54 Å². The summed E-state index contributed by atoms with van der Waals surface area (Å²) in [6, 6.07) is 15.5. The molecule has 0 saturated heterocycles. The minimum Gasteiger partial charge on any atom is -0.408 e. The maximum absolute atomic E-state index is 13.1. The van der Waals surface area contributed by atoms with Crippen LogP contribution in [0.3, 0.4) is 0 Å². The number of H-pyrrole nitrogens is 1. The van der Waals surface area contributed by atoms with Crippen LogP contribution in [0.15, 0.2) is 84.4 Å². The first-order valence-corrected chi connectivity index (χ1v) is 12.6. The first-order valence-electron chi connectivity index (χ1n) is 8.72. The van der Waals surface area contributed by atoms with Gasteiger partial charge in [0.2, 0.25) is 10.0 Å². The zero-order valence-corrected chi connectivity index (χ0v) is 17.8. The van der Waals surface area contributed by atoms with Gasteiger partial charge in [0.15, 0.2) is 15.4 Å². The number of aromatic nitrogens is 1. The van der Waals surface area contributed by atoms with Crippen molar-refractivity contribution in [3.05, 3.63) is 82.2 Å². The van der Waals surface area contributed by atoms with Crippen LogP contribution in [0.25, 0.3) is 11.1 Å². The predicted octanol–water partition coefficient (Wildman–Crippen LogP) is 2.68. The standard InChI is InChI=1S/C19H16N2O6S3/c22-19-21-15-9-8-14(11-16(15)27-19)30(25,26)20-12-17(13-5-2-1-3-6-13)29(23,24)18-7-4-10-28-18/h1-11,17,20H,12H2,(H,21,22)/t17-/m0/s1. The van der Waals surface area contributed by atoms with Crippen LogP contribution < -0.4 is 10.5 Å². The number of sulfonamides is 1. The third-order valence-corrected chi connectivity index (χ3v) is 9.44. The Morgan fingerprint density at radius 3 is 2.47 bits per heavy atom. The predicted molar refractivity (Wildman–Crippen MR) is 113 cm³/mol. The zero-order valence-electron chi connectivity index (χ0n) is 15.3. The van der Waals surface area contributed by atoms with Gasteiger partial charge in [-0.05, 0) is 29.1 Å². The van der Waals surface area contributed by atoms with Crippen LogP contribution in [0.2, 0.25) is 0 Å². The van der Waals surface area contributed by atoms with Crippen LogP contribution in [0.5, 0.6) is 0 Å². The summed E-state index contributed by atoms with van der Waals surface area (Å²) in [5.41, 5.74) is 0.927. The minimum atomic E-state index is -4.06. The lowest BCUT2D eigenvalue weighted by molar-refractivity contribution is 0.553. The molecule has 0 unspecified atom stereocenters. The zero-order chi connectivity index (χ0) is 21.4. The summed E-state index contributed by atoms with van der Waals surface area (Å²) >= 11 is 1.08. The van der Waals surface area contributed by atoms with E-state index in [1.165, 1.54) is 24.3 Å². The van der Waals surface area contributed by atoms with Gasteiger partial charge in [-0.3, -0.25) is 4.98 Å². The summed E-state index contributed by atoms with van der Waals surface area (Å²) in [6.45, 7) is -0.359. The van der Waals surface area contributed by atoms with E-state index in [9.17, 15) is 21.6 Å². The average molecular weight is 465 g/mol. The van der Waals surface area contributed by atoms with Crippen LogP contribution in [-0.4, -0.2) is 28.4 Å². The normalized spacial score (nSPS) is 13.5. The molecule has 2 N–H and O–H groups in total. The van der Waals surface area contributed by atoms with Crippen molar-refractivity contribution in [2.45, 2.75) is 14.4 Å². The SMILES string of the molecule is O=c1[nH]c2ccc(S(=O)(=O)NC[C@@H](c3ccccc3)S(=O)(=O)c3cccs3)cc2o1. The number of fused-ring (bicyclic) bond motifs is 1. The number of thiophene rings is 1. The Morgan fingerprint density at radius 2 is 1.77 bits per heavy atom. The number of benzene rings is 2.